The Hall–Kier alpha value is -2.88. The lowest BCUT2D eigenvalue weighted by Crippen LogP contribution is -2.52. The van der Waals surface area contributed by atoms with Crippen molar-refractivity contribution in [1.82, 2.24) is 14.7 Å². The molecule has 1 saturated heterocycles. The van der Waals surface area contributed by atoms with Crippen LogP contribution in [0.5, 0.6) is 0 Å². The van der Waals surface area contributed by atoms with Gasteiger partial charge in [-0.25, -0.2) is 4.79 Å². The molecule has 4 rings (SSSR count). The molecule has 2 aliphatic heterocycles. The van der Waals surface area contributed by atoms with Gasteiger partial charge in [-0.15, -0.1) is 0 Å². The second-order valence-corrected chi connectivity index (χ2v) is 7.07. The molecular formula is C19H21F3N4O3. The van der Waals surface area contributed by atoms with Gasteiger partial charge in [0.2, 0.25) is 5.91 Å². The highest BCUT2D eigenvalue weighted by Gasteiger charge is 2.38. The summed E-state index contributed by atoms with van der Waals surface area (Å²) in [6, 6.07) is 8.61. The minimum absolute atomic E-state index is 0.208. The van der Waals surface area contributed by atoms with Crippen molar-refractivity contribution in [3.63, 3.8) is 0 Å². The summed E-state index contributed by atoms with van der Waals surface area (Å²) >= 11 is 0. The first-order valence-electron chi connectivity index (χ1n) is 9.06. The normalized spacial score (nSPS) is 16.6. The highest BCUT2D eigenvalue weighted by Crippen LogP contribution is 2.28. The Kier molecular flexibility index (Phi) is 5.92. The van der Waals surface area contributed by atoms with Crippen molar-refractivity contribution < 1.29 is 27.9 Å². The van der Waals surface area contributed by atoms with Crippen LogP contribution in [0.4, 0.5) is 18.9 Å². The molecule has 2 aliphatic rings. The third-order valence-corrected chi connectivity index (χ3v) is 4.83. The average molecular weight is 410 g/mol. The molecule has 1 aromatic carbocycles. The van der Waals surface area contributed by atoms with E-state index < -0.39 is 12.1 Å². The maximum absolute atomic E-state index is 12.5. The predicted molar refractivity (Wildman–Crippen MR) is 98.6 cm³/mol. The topological polar surface area (TPSA) is 78.7 Å². The molecule has 0 saturated carbocycles. The lowest BCUT2D eigenvalue weighted by molar-refractivity contribution is -0.192. The van der Waals surface area contributed by atoms with Crippen LogP contribution in [0.25, 0.3) is 0 Å². The molecule has 0 spiro atoms. The van der Waals surface area contributed by atoms with Gasteiger partial charge >= 0.3 is 12.1 Å². The van der Waals surface area contributed by atoms with Crippen molar-refractivity contribution in [2.45, 2.75) is 25.6 Å². The largest absolute Gasteiger partial charge is 0.490 e. The van der Waals surface area contributed by atoms with Crippen molar-refractivity contribution in [2.24, 2.45) is 0 Å². The van der Waals surface area contributed by atoms with Crippen LogP contribution in [0.2, 0.25) is 0 Å². The van der Waals surface area contributed by atoms with Crippen LogP contribution >= 0.6 is 0 Å². The Balaban J connectivity index is 0.000000298. The zero-order valence-electron chi connectivity index (χ0n) is 15.8. The molecule has 1 aromatic heterocycles. The number of fused-ring (bicyclic) bond motifs is 1. The number of para-hydroxylation sites is 1. The monoisotopic (exact) mass is 410 g/mol. The first-order chi connectivity index (χ1) is 13.6. The molecule has 3 heterocycles. The molecule has 0 atom stereocenters. The van der Waals surface area contributed by atoms with E-state index in [4.69, 9.17) is 9.90 Å². The number of aliphatic carboxylic acids is 1. The van der Waals surface area contributed by atoms with Crippen LogP contribution in [0.1, 0.15) is 17.2 Å². The van der Waals surface area contributed by atoms with E-state index in [1.165, 1.54) is 11.1 Å². The quantitative estimate of drug-likeness (QED) is 0.840. The van der Waals surface area contributed by atoms with Crippen molar-refractivity contribution in [2.75, 3.05) is 31.1 Å². The number of likely N-dealkylation sites (tertiary alicyclic amines) is 1. The van der Waals surface area contributed by atoms with Gasteiger partial charge in [-0.2, -0.15) is 18.3 Å². The van der Waals surface area contributed by atoms with Crippen molar-refractivity contribution in [3.05, 3.63) is 47.8 Å². The van der Waals surface area contributed by atoms with E-state index in [0.717, 1.165) is 31.7 Å². The number of carbonyl (C=O) groups excluding carboxylic acids is 1. The first kappa shape index (κ1) is 20.8. The van der Waals surface area contributed by atoms with Gasteiger partial charge in [0.25, 0.3) is 0 Å². The number of anilines is 1. The summed E-state index contributed by atoms with van der Waals surface area (Å²) in [7, 11) is 0. The van der Waals surface area contributed by atoms with Crippen LogP contribution in [-0.4, -0.2) is 64.0 Å². The maximum Gasteiger partial charge on any atom is 0.490 e. The average Bonchev–Trinajstić information content (AvgIpc) is 3.23. The number of alkyl halides is 3. The second kappa shape index (κ2) is 8.24. The van der Waals surface area contributed by atoms with Crippen LogP contribution < -0.4 is 4.90 Å². The number of amides is 1. The van der Waals surface area contributed by atoms with E-state index in [2.05, 4.69) is 22.3 Å². The Labute approximate surface area is 165 Å². The summed E-state index contributed by atoms with van der Waals surface area (Å²) in [4.78, 5) is 25.5. The van der Waals surface area contributed by atoms with Crippen molar-refractivity contribution in [3.8, 4) is 0 Å². The molecule has 1 N–H and O–H groups in total. The molecule has 0 bridgehead atoms. The van der Waals surface area contributed by atoms with Gasteiger partial charge in [0.1, 0.15) is 0 Å². The molecule has 1 fully saturated rings. The summed E-state index contributed by atoms with van der Waals surface area (Å²) in [6.45, 7) is 5.18. The van der Waals surface area contributed by atoms with Gasteiger partial charge in [-0.1, -0.05) is 18.2 Å². The fourth-order valence-electron chi connectivity index (χ4n) is 3.35. The number of halogens is 3. The number of carbonyl (C=O) groups is 2. The maximum atomic E-state index is 12.5. The number of hydrogen-bond acceptors (Lipinski definition) is 4. The minimum atomic E-state index is -5.08. The number of hydrogen-bond donors (Lipinski definition) is 1. The molecule has 29 heavy (non-hydrogen) atoms. The summed E-state index contributed by atoms with van der Waals surface area (Å²) in [5.74, 6) is -2.55. The van der Waals surface area contributed by atoms with Crippen LogP contribution in [0.3, 0.4) is 0 Å². The Morgan fingerprint density at radius 2 is 1.90 bits per heavy atom. The third-order valence-electron chi connectivity index (χ3n) is 4.83. The highest BCUT2D eigenvalue weighted by atomic mass is 19.4. The van der Waals surface area contributed by atoms with Gasteiger partial charge in [0.15, 0.2) is 0 Å². The molecule has 156 valence electrons. The molecule has 0 radical (unpaired) electrons. The molecule has 1 amide bonds. The smallest absolute Gasteiger partial charge is 0.475 e. The fraction of sp³-hybridized carbons (Fsp3) is 0.421. The van der Waals surface area contributed by atoms with Gasteiger partial charge in [0, 0.05) is 31.5 Å². The second-order valence-electron chi connectivity index (χ2n) is 7.07. The molecule has 7 nitrogen and oxygen atoms in total. The zero-order chi connectivity index (χ0) is 21.2. The molecular weight excluding hydrogens is 389 g/mol. The molecule has 0 unspecified atom stereocenters. The first-order valence-corrected chi connectivity index (χ1v) is 9.06. The number of carboxylic acid groups (broad SMARTS) is 1. The number of carboxylic acids is 1. The number of rotatable bonds is 3. The molecule has 2 aromatic rings. The van der Waals surface area contributed by atoms with Crippen LogP contribution in [-0.2, 0) is 16.0 Å². The predicted octanol–water partition coefficient (Wildman–Crippen LogP) is 2.27. The standard InChI is InChI=1S/C17H20N4O.C2HF3O2/c1-13-8-18-21(9-13)15-10-19(11-15)12-17(22)20-7-6-14-4-2-3-5-16(14)20;3-2(4,5)1(6)7/h2-5,8-9,15H,6-7,10-12H2,1H3;(H,6,7). The van der Waals surface area contributed by atoms with E-state index in [1.54, 1.807) is 0 Å². The Morgan fingerprint density at radius 1 is 1.24 bits per heavy atom. The highest BCUT2D eigenvalue weighted by molar-refractivity contribution is 5.96. The molecule has 10 heteroatoms. The summed E-state index contributed by atoms with van der Waals surface area (Å²) < 4.78 is 33.8. The van der Waals surface area contributed by atoms with Crippen LogP contribution in [0.15, 0.2) is 36.7 Å². The van der Waals surface area contributed by atoms with E-state index >= 15 is 0 Å². The minimum Gasteiger partial charge on any atom is -0.475 e. The van der Waals surface area contributed by atoms with Crippen LogP contribution in [0, 0.1) is 6.92 Å². The van der Waals surface area contributed by atoms with Crippen molar-refractivity contribution >= 4 is 17.6 Å². The number of aromatic nitrogens is 2. The SMILES string of the molecule is Cc1cnn(C2CN(CC(=O)N3CCc4ccccc43)C2)c1.O=C(O)C(F)(F)F. The molecule has 0 aliphatic carbocycles. The number of benzene rings is 1. The van der Waals surface area contributed by atoms with E-state index in [-0.39, 0.29) is 5.91 Å². The van der Waals surface area contributed by atoms with Gasteiger partial charge in [0.05, 0.1) is 18.8 Å². The summed E-state index contributed by atoms with van der Waals surface area (Å²) in [5.41, 5.74) is 3.56. The number of aryl methyl sites for hydroxylation is 1. The van der Waals surface area contributed by atoms with Gasteiger partial charge < -0.3 is 10.0 Å². The Bertz CT molecular complexity index is 891. The summed E-state index contributed by atoms with van der Waals surface area (Å²) in [6.07, 6.45) is -0.160. The lowest BCUT2D eigenvalue weighted by atomic mass is 10.1. The Morgan fingerprint density at radius 3 is 2.48 bits per heavy atom. The van der Waals surface area contributed by atoms with E-state index in [1.807, 2.05) is 40.9 Å². The van der Waals surface area contributed by atoms with E-state index in [0.29, 0.717) is 12.6 Å². The van der Waals surface area contributed by atoms with E-state index in [9.17, 15) is 18.0 Å². The van der Waals surface area contributed by atoms with Crippen molar-refractivity contribution in [1.29, 1.82) is 0 Å². The fourth-order valence-corrected chi connectivity index (χ4v) is 3.35. The van der Waals surface area contributed by atoms with Gasteiger partial charge in [-0.05, 0) is 30.5 Å². The number of nitrogens with zero attached hydrogens (tertiary/aromatic N) is 4. The van der Waals surface area contributed by atoms with Gasteiger partial charge in [-0.3, -0.25) is 14.4 Å². The lowest BCUT2D eigenvalue weighted by Gasteiger charge is -2.39. The zero-order valence-corrected chi connectivity index (χ0v) is 15.8. The third kappa shape index (κ3) is 4.94. The summed E-state index contributed by atoms with van der Waals surface area (Å²) in [5, 5.41) is 11.5.